The Morgan fingerprint density at radius 3 is 2.62 bits per heavy atom. The monoisotopic (exact) mass is 238 g/mol. The van der Waals surface area contributed by atoms with Gasteiger partial charge in [-0.25, -0.2) is 0 Å². The van der Waals surface area contributed by atoms with Gasteiger partial charge >= 0.3 is 0 Å². The van der Waals surface area contributed by atoms with Gasteiger partial charge in [0.2, 0.25) is 0 Å². The molecule has 1 aromatic heterocycles. The summed E-state index contributed by atoms with van der Waals surface area (Å²) in [4.78, 5) is 3.99. The number of likely N-dealkylation sites (tertiary alicyclic amines) is 1. The quantitative estimate of drug-likeness (QED) is 0.877. The van der Waals surface area contributed by atoms with Crippen LogP contribution in [-0.2, 0) is 0 Å². The molecule has 0 spiro atoms. The van der Waals surface area contributed by atoms with Crippen LogP contribution in [-0.4, -0.2) is 24.5 Å². The van der Waals surface area contributed by atoms with Crippen LogP contribution in [0.2, 0.25) is 0 Å². The minimum atomic E-state index is 0.435. The molecule has 0 aromatic carbocycles. The molecule has 16 heavy (non-hydrogen) atoms. The highest BCUT2D eigenvalue weighted by atomic mass is 32.1. The molecule has 2 N–H and O–H groups in total. The molecule has 3 atom stereocenters. The van der Waals surface area contributed by atoms with Crippen molar-refractivity contribution in [2.45, 2.75) is 26.3 Å². The van der Waals surface area contributed by atoms with E-state index in [4.69, 9.17) is 5.73 Å². The van der Waals surface area contributed by atoms with Crippen molar-refractivity contribution in [2.24, 2.45) is 17.6 Å². The van der Waals surface area contributed by atoms with Crippen LogP contribution in [0.1, 0.15) is 31.2 Å². The van der Waals surface area contributed by atoms with Crippen LogP contribution in [0, 0.1) is 11.8 Å². The number of hydrogen-bond acceptors (Lipinski definition) is 3. The molecule has 1 saturated heterocycles. The first-order chi connectivity index (χ1) is 7.70. The lowest BCUT2D eigenvalue weighted by Gasteiger charge is -2.39. The first-order valence-electron chi connectivity index (χ1n) is 6.18. The first kappa shape index (κ1) is 12.1. The van der Waals surface area contributed by atoms with Gasteiger partial charge in [-0.1, -0.05) is 19.9 Å². The maximum atomic E-state index is 5.95. The fourth-order valence-electron chi connectivity index (χ4n) is 2.89. The second-order valence-corrected chi connectivity index (χ2v) is 6.15. The van der Waals surface area contributed by atoms with Crippen LogP contribution < -0.4 is 5.73 Å². The number of rotatable bonds is 3. The Bertz CT molecular complexity index is 300. The third kappa shape index (κ3) is 2.65. The number of piperidine rings is 1. The van der Waals surface area contributed by atoms with E-state index in [2.05, 4.69) is 36.3 Å². The molecule has 1 aliphatic heterocycles. The predicted molar refractivity (Wildman–Crippen MR) is 70.6 cm³/mol. The first-order valence-corrected chi connectivity index (χ1v) is 7.06. The fraction of sp³-hybridized carbons (Fsp3) is 0.692. The van der Waals surface area contributed by atoms with Crippen LogP contribution in [0.25, 0.3) is 0 Å². The van der Waals surface area contributed by atoms with E-state index in [1.54, 1.807) is 0 Å². The summed E-state index contributed by atoms with van der Waals surface area (Å²) >= 11 is 1.83. The lowest BCUT2D eigenvalue weighted by Crippen LogP contribution is -2.43. The van der Waals surface area contributed by atoms with Crippen LogP contribution in [0.15, 0.2) is 17.5 Å². The molecule has 90 valence electrons. The van der Waals surface area contributed by atoms with Gasteiger partial charge in [0.15, 0.2) is 0 Å². The van der Waals surface area contributed by atoms with Crippen molar-refractivity contribution in [1.29, 1.82) is 0 Å². The summed E-state index contributed by atoms with van der Waals surface area (Å²) < 4.78 is 0. The molecule has 2 heterocycles. The van der Waals surface area contributed by atoms with Gasteiger partial charge in [0.05, 0.1) is 6.04 Å². The van der Waals surface area contributed by atoms with E-state index in [9.17, 15) is 0 Å². The van der Waals surface area contributed by atoms with E-state index in [0.717, 1.165) is 18.4 Å². The van der Waals surface area contributed by atoms with E-state index in [0.29, 0.717) is 6.04 Å². The zero-order valence-electron chi connectivity index (χ0n) is 10.2. The molecule has 1 fully saturated rings. The third-order valence-corrected chi connectivity index (χ3v) is 4.41. The highest BCUT2D eigenvalue weighted by Crippen LogP contribution is 2.30. The Hall–Kier alpha value is -0.380. The summed E-state index contributed by atoms with van der Waals surface area (Å²) in [6.07, 6.45) is 1.36. The standard InChI is InChI=1S/C13H22N2S/c1-10-6-11(2)9-15(8-10)12(7-14)13-4-3-5-16-13/h3-5,10-12H,6-9,14H2,1-2H3/t10-,11+,12?. The third-order valence-electron chi connectivity index (χ3n) is 3.43. The van der Waals surface area contributed by atoms with Crippen molar-refractivity contribution in [3.63, 3.8) is 0 Å². The lowest BCUT2D eigenvalue weighted by atomic mass is 9.90. The Labute approximate surface area is 102 Å². The fourth-order valence-corrected chi connectivity index (χ4v) is 3.77. The van der Waals surface area contributed by atoms with E-state index >= 15 is 0 Å². The molecule has 1 aromatic rings. The summed E-state index contributed by atoms with van der Waals surface area (Å²) in [6, 6.07) is 4.77. The number of thiophene rings is 1. The second kappa shape index (κ2) is 5.30. The summed E-state index contributed by atoms with van der Waals surface area (Å²) in [7, 11) is 0. The van der Waals surface area contributed by atoms with E-state index < -0.39 is 0 Å². The van der Waals surface area contributed by atoms with Crippen molar-refractivity contribution < 1.29 is 0 Å². The van der Waals surface area contributed by atoms with Crippen molar-refractivity contribution in [2.75, 3.05) is 19.6 Å². The van der Waals surface area contributed by atoms with Crippen LogP contribution in [0.4, 0.5) is 0 Å². The zero-order valence-corrected chi connectivity index (χ0v) is 11.0. The van der Waals surface area contributed by atoms with Crippen LogP contribution in [0.3, 0.4) is 0 Å². The van der Waals surface area contributed by atoms with Gasteiger partial charge in [-0.05, 0) is 29.7 Å². The Morgan fingerprint density at radius 1 is 1.44 bits per heavy atom. The molecule has 3 heteroatoms. The summed E-state index contributed by atoms with van der Waals surface area (Å²) in [5, 5.41) is 2.15. The molecule has 0 amide bonds. The summed E-state index contributed by atoms with van der Waals surface area (Å²) in [5.41, 5.74) is 5.95. The molecule has 0 saturated carbocycles. The molecule has 2 rings (SSSR count). The lowest BCUT2D eigenvalue weighted by molar-refractivity contribution is 0.0999. The SMILES string of the molecule is C[C@@H]1C[C@H](C)CN(C(CN)c2cccs2)C1. The van der Waals surface area contributed by atoms with Gasteiger partial charge in [-0.3, -0.25) is 4.90 Å². The molecule has 2 nitrogen and oxygen atoms in total. The Morgan fingerprint density at radius 2 is 2.12 bits per heavy atom. The highest BCUT2D eigenvalue weighted by molar-refractivity contribution is 7.10. The van der Waals surface area contributed by atoms with Crippen molar-refractivity contribution in [3.05, 3.63) is 22.4 Å². The van der Waals surface area contributed by atoms with Crippen molar-refractivity contribution >= 4 is 11.3 Å². The molecule has 0 bridgehead atoms. The summed E-state index contributed by atoms with van der Waals surface area (Å²) in [5.74, 6) is 1.61. The minimum absolute atomic E-state index is 0.435. The molecule has 0 aliphatic carbocycles. The number of hydrogen-bond donors (Lipinski definition) is 1. The van der Waals surface area contributed by atoms with Crippen molar-refractivity contribution in [1.82, 2.24) is 4.90 Å². The van der Waals surface area contributed by atoms with E-state index in [1.807, 2.05) is 11.3 Å². The number of nitrogens with two attached hydrogens (primary N) is 1. The van der Waals surface area contributed by atoms with Crippen LogP contribution >= 0.6 is 11.3 Å². The average Bonchev–Trinajstić information content (AvgIpc) is 2.70. The van der Waals surface area contributed by atoms with Gasteiger partial charge < -0.3 is 5.73 Å². The van der Waals surface area contributed by atoms with E-state index in [1.165, 1.54) is 24.4 Å². The highest BCUT2D eigenvalue weighted by Gasteiger charge is 2.27. The van der Waals surface area contributed by atoms with Gasteiger partial charge in [0.25, 0.3) is 0 Å². The normalized spacial score (nSPS) is 29.2. The van der Waals surface area contributed by atoms with Gasteiger partial charge in [-0.15, -0.1) is 11.3 Å². The Kier molecular flexibility index (Phi) is 4.00. The van der Waals surface area contributed by atoms with E-state index in [-0.39, 0.29) is 0 Å². The van der Waals surface area contributed by atoms with Gasteiger partial charge in [0.1, 0.15) is 0 Å². The zero-order chi connectivity index (χ0) is 11.5. The molecule has 1 unspecified atom stereocenters. The van der Waals surface area contributed by atoms with Gasteiger partial charge in [-0.2, -0.15) is 0 Å². The molecular weight excluding hydrogens is 216 g/mol. The minimum Gasteiger partial charge on any atom is -0.329 e. The Balaban J connectivity index is 2.09. The topological polar surface area (TPSA) is 29.3 Å². The maximum absolute atomic E-state index is 5.95. The summed E-state index contributed by atoms with van der Waals surface area (Å²) in [6.45, 7) is 7.84. The largest absolute Gasteiger partial charge is 0.329 e. The van der Waals surface area contributed by atoms with Gasteiger partial charge in [0, 0.05) is 24.5 Å². The second-order valence-electron chi connectivity index (χ2n) is 5.17. The molecule has 1 aliphatic rings. The predicted octanol–water partition coefficient (Wildman–Crippen LogP) is 2.73. The molecule has 0 radical (unpaired) electrons. The van der Waals surface area contributed by atoms with Crippen molar-refractivity contribution in [3.8, 4) is 0 Å². The molecular formula is C13H22N2S. The average molecular weight is 238 g/mol. The smallest absolute Gasteiger partial charge is 0.0564 e. The number of nitrogens with zero attached hydrogens (tertiary/aromatic N) is 1. The van der Waals surface area contributed by atoms with Crippen LogP contribution in [0.5, 0.6) is 0 Å². The maximum Gasteiger partial charge on any atom is 0.0564 e.